The van der Waals surface area contributed by atoms with Crippen LogP contribution in [0.1, 0.15) is 29.8 Å². The van der Waals surface area contributed by atoms with Crippen LogP contribution in [-0.4, -0.2) is 12.1 Å². The molecule has 16 heavy (non-hydrogen) atoms. The fourth-order valence-corrected chi connectivity index (χ4v) is 2.29. The summed E-state index contributed by atoms with van der Waals surface area (Å²) in [6, 6.07) is 4.20. The van der Waals surface area contributed by atoms with Gasteiger partial charge in [0.15, 0.2) is 0 Å². The van der Waals surface area contributed by atoms with Gasteiger partial charge < -0.3 is 15.5 Å². The zero-order valence-corrected chi connectivity index (χ0v) is 10.2. The number of hydrogen-bond donors (Lipinski definition) is 2. The molecule has 0 aliphatic carbocycles. The SMILES string of the molecule is COc1cc2c(C(C)N)c(C)[nH]c2cc1C. The highest BCUT2D eigenvalue weighted by Gasteiger charge is 2.13. The zero-order valence-electron chi connectivity index (χ0n) is 10.2. The maximum Gasteiger partial charge on any atom is 0.122 e. The molecule has 0 amide bonds. The standard InChI is InChI=1S/C13H18N2O/c1-7-5-11-10(6-12(7)16-4)13(8(2)14)9(3)15-11/h5-6,8,15H,14H2,1-4H3. The van der Waals surface area contributed by atoms with Crippen molar-refractivity contribution in [1.82, 2.24) is 4.98 Å². The molecule has 1 heterocycles. The van der Waals surface area contributed by atoms with Gasteiger partial charge in [-0.05, 0) is 44.0 Å². The quantitative estimate of drug-likeness (QED) is 0.814. The molecule has 0 saturated carbocycles. The van der Waals surface area contributed by atoms with Gasteiger partial charge in [0.2, 0.25) is 0 Å². The second-order valence-corrected chi connectivity index (χ2v) is 4.32. The van der Waals surface area contributed by atoms with E-state index >= 15 is 0 Å². The van der Waals surface area contributed by atoms with E-state index < -0.39 is 0 Å². The maximum absolute atomic E-state index is 5.99. The predicted molar refractivity (Wildman–Crippen MR) is 66.9 cm³/mol. The summed E-state index contributed by atoms with van der Waals surface area (Å²) in [5.41, 5.74) is 10.6. The molecular weight excluding hydrogens is 200 g/mol. The van der Waals surface area contributed by atoms with Crippen LogP contribution in [-0.2, 0) is 0 Å². The van der Waals surface area contributed by atoms with Crippen LogP contribution in [0.15, 0.2) is 12.1 Å². The number of hydrogen-bond acceptors (Lipinski definition) is 2. The Morgan fingerprint density at radius 1 is 1.31 bits per heavy atom. The number of H-pyrrole nitrogens is 1. The molecule has 3 heteroatoms. The summed E-state index contributed by atoms with van der Waals surface area (Å²) in [4.78, 5) is 3.36. The Balaban J connectivity index is 2.77. The lowest BCUT2D eigenvalue weighted by Crippen LogP contribution is -2.05. The van der Waals surface area contributed by atoms with Crippen molar-refractivity contribution in [3.8, 4) is 5.75 Å². The fraction of sp³-hybridized carbons (Fsp3) is 0.385. The van der Waals surface area contributed by atoms with Crippen LogP contribution >= 0.6 is 0 Å². The number of aromatic nitrogens is 1. The van der Waals surface area contributed by atoms with E-state index in [4.69, 9.17) is 10.5 Å². The molecule has 1 atom stereocenters. The van der Waals surface area contributed by atoms with Gasteiger partial charge in [0.05, 0.1) is 7.11 Å². The summed E-state index contributed by atoms with van der Waals surface area (Å²) in [6.45, 7) is 6.10. The van der Waals surface area contributed by atoms with Crippen molar-refractivity contribution in [3.63, 3.8) is 0 Å². The first-order chi connectivity index (χ1) is 7.54. The number of aromatic amines is 1. The Hall–Kier alpha value is -1.48. The number of nitrogens with one attached hydrogen (secondary N) is 1. The third-order valence-corrected chi connectivity index (χ3v) is 3.01. The molecule has 1 aromatic heterocycles. The molecule has 0 bridgehead atoms. The summed E-state index contributed by atoms with van der Waals surface area (Å²) in [5, 5.41) is 1.16. The van der Waals surface area contributed by atoms with E-state index in [1.165, 1.54) is 5.56 Å². The van der Waals surface area contributed by atoms with Crippen molar-refractivity contribution < 1.29 is 4.74 Å². The summed E-state index contributed by atoms with van der Waals surface area (Å²) in [6.07, 6.45) is 0. The molecule has 0 spiro atoms. The number of methoxy groups -OCH3 is 1. The highest BCUT2D eigenvalue weighted by molar-refractivity contribution is 5.87. The third-order valence-electron chi connectivity index (χ3n) is 3.01. The van der Waals surface area contributed by atoms with Gasteiger partial charge in [-0.25, -0.2) is 0 Å². The molecule has 0 radical (unpaired) electrons. The smallest absolute Gasteiger partial charge is 0.122 e. The van der Waals surface area contributed by atoms with Gasteiger partial charge in [0, 0.05) is 22.6 Å². The van der Waals surface area contributed by atoms with Crippen molar-refractivity contribution in [2.45, 2.75) is 26.8 Å². The number of ether oxygens (including phenoxy) is 1. The molecule has 0 saturated heterocycles. The minimum absolute atomic E-state index is 0.0289. The Morgan fingerprint density at radius 3 is 2.56 bits per heavy atom. The van der Waals surface area contributed by atoms with E-state index in [1.807, 2.05) is 13.8 Å². The lowest BCUT2D eigenvalue weighted by molar-refractivity contribution is 0.412. The average Bonchev–Trinajstić information content (AvgIpc) is 2.51. The molecule has 2 rings (SSSR count). The molecule has 1 aromatic carbocycles. The molecule has 0 fully saturated rings. The Kier molecular flexibility index (Phi) is 2.64. The van der Waals surface area contributed by atoms with E-state index in [0.29, 0.717) is 0 Å². The maximum atomic E-state index is 5.99. The number of fused-ring (bicyclic) bond motifs is 1. The number of rotatable bonds is 2. The van der Waals surface area contributed by atoms with Gasteiger partial charge in [0.1, 0.15) is 5.75 Å². The molecule has 86 valence electrons. The van der Waals surface area contributed by atoms with Gasteiger partial charge in [-0.2, -0.15) is 0 Å². The minimum atomic E-state index is 0.0289. The predicted octanol–water partition coefficient (Wildman–Crippen LogP) is 2.81. The summed E-state index contributed by atoms with van der Waals surface area (Å²) >= 11 is 0. The van der Waals surface area contributed by atoms with Gasteiger partial charge in [-0.15, -0.1) is 0 Å². The van der Waals surface area contributed by atoms with Gasteiger partial charge in [-0.3, -0.25) is 0 Å². The van der Waals surface area contributed by atoms with E-state index in [9.17, 15) is 0 Å². The first-order valence-corrected chi connectivity index (χ1v) is 5.47. The topological polar surface area (TPSA) is 51.0 Å². The third kappa shape index (κ3) is 1.57. The highest BCUT2D eigenvalue weighted by Crippen LogP contribution is 2.31. The van der Waals surface area contributed by atoms with Gasteiger partial charge in [-0.1, -0.05) is 0 Å². The summed E-state index contributed by atoms with van der Waals surface area (Å²) in [5.74, 6) is 0.911. The molecule has 0 aliphatic heterocycles. The zero-order chi connectivity index (χ0) is 11.9. The molecule has 2 aromatic rings. The highest BCUT2D eigenvalue weighted by atomic mass is 16.5. The van der Waals surface area contributed by atoms with Crippen LogP contribution in [0.4, 0.5) is 0 Å². The van der Waals surface area contributed by atoms with Crippen LogP contribution < -0.4 is 10.5 Å². The lowest BCUT2D eigenvalue weighted by Gasteiger charge is -2.08. The first-order valence-electron chi connectivity index (χ1n) is 5.47. The van der Waals surface area contributed by atoms with Crippen LogP contribution in [0.5, 0.6) is 5.75 Å². The van der Waals surface area contributed by atoms with Crippen molar-refractivity contribution in [2.75, 3.05) is 7.11 Å². The average molecular weight is 218 g/mol. The first kappa shape index (κ1) is 11.0. The van der Waals surface area contributed by atoms with E-state index in [0.717, 1.165) is 27.9 Å². The Labute approximate surface area is 95.6 Å². The monoisotopic (exact) mass is 218 g/mol. The van der Waals surface area contributed by atoms with Crippen molar-refractivity contribution >= 4 is 10.9 Å². The van der Waals surface area contributed by atoms with Crippen LogP contribution in [0.3, 0.4) is 0 Å². The fourth-order valence-electron chi connectivity index (χ4n) is 2.29. The van der Waals surface area contributed by atoms with Gasteiger partial charge >= 0.3 is 0 Å². The van der Waals surface area contributed by atoms with Crippen molar-refractivity contribution in [2.24, 2.45) is 5.73 Å². The number of benzene rings is 1. The summed E-state index contributed by atoms with van der Waals surface area (Å²) < 4.78 is 5.34. The molecule has 3 nitrogen and oxygen atoms in total. The Morgan fingerprint density at radius 2 is 2.00 bits per heavy atom. The minimum Gasteiger partial charge on any atom is -0.496 e. The van der Waals surface area contributed by atoms with Crippen LogP contribution in [0, 0.1) is 13.8 Å². The molecule has 0 aliphatic rings. The van der Waals surface area contributed by atoms with Crippen molar-refractivity contribution in [1.29, 1.82) is 0 Å². The van der Waals surface area contributed by atoms with Crippen LogP contribution in [0.2, 0.25) is 0 Å². The lowest BCUT2D eigenvalue weighted by atomic mass is 10.0. The number of nitrogens with two attached hydrogens (primary N) is 1. The Bertz CT molecular complexity index is 526. The molecular formula is C13H18N2O. The normalized spacial score (nSPS) is 13.1. The molecule has 1 unspecified atom stereocenters. The van der Waals surface area contributed by atoms with E-state index in [-0.39, 0.29) is 6.04 Å². The van der Waals surface area contributed by atoms with Gasteiger partial charge in [0.25, 0.3) is 0 Å². The van der Waals surface area contributed by atoms with E-state index in [2.05, 4.69) is 24.0 Å². The second-order valence-electron chi connectivity index (χ2n) is 4.32. The van der Waals surface area contributed by atoms with Crippen molar-refractivity contribution in [3.05, 3.63) is 29.0 Å². The largest absolute Gasteiger partial charge is 0.496 e. The summed E-state index contributed by atoms with van der Waals surface area (Å²) in [7, 11) is 1.69. The van der Waals surface area contributed by atoms with E-state index in [1.54, 1.807) is 7.11 Å². The second kappa shape index (κ2) is 3.83. The van der Waals surface area contributed by atoms with Crippen LogP contribution in [0.25, 0.3) is 10.9 Å². The molecule has 3 N–H and O–H groups in total. The number of aryl methyl sites for hydroxylation is 2.